The number of rotatable bonds is 10. The van der Waals surface area contributed by atoms with E-state index in [2.05, 4.69) is 65.3 Å². The number of ether oxygens (including phenoxy) is 2. The van der Waals surface area contributed by atoms with Crippen LogP contribution in [0.15, 0.2) is 36.4 Å². The zero-order valence-corrected chi connectivity index (χ0v) is 31.4. The number of nitrogens with two attached hydrogens (primary N) is 1. The predicted molar refractivity (Wildman–Crippen MR) is 199 cm³/mol. The third-order valence-electron chi connectivity index (χ3n) is 9.83. The van der Waals surface area contributed by atoms with E-state index in [9.17, 15) is 0 Å². The zero-order chi connectivity index (χ0) is 35.1. The molecule has 4 rings (SSSR count). The number of anilines is 2. The lowest BCUT2D eigenvalue weighted by atomic mass is 9.75. The average molecular weight is 657 g/mol. The van der Waals surface area contributed by atoms with Gasteiger partial charge in [0.05, 0.1) is 27.4 Å². The second-order valence-electron chi connectivity index (χ2n) is 14.9. The monoisotopic (exact) mass is 657 g/mol. The van der Waals surface area contributed by atoms with E-state index in [0.29, 0.717) is 30.3 Å². The summed E-state index contributed by atoms with van der Waals surface area (Å²) in [5, 5.41) is 17.8. The van der Waals surface area contributed by atoms with Crippen LogP contribution in [-0.4, -0.2) is 99.8 Å². The van der Waals surface area contributed by atoms with Gasteiger partial charge < -0.3 is 40.1 Å². The topological polar surface area (TPSA) is 94.7 Å². The molecule has 8 heteroatoms. The van der Waals surface area contributed by atoms with E-state index in [0.717, 1.165) is 34.8 Å². The highest BCUT2D eigenvalue weighted by Gasteiger charge is 2.32. The Morgan fingerprint density at radius 3 is 1.64 bits per heavy atom. The molecule has 0 bridgehead atoms. The van der Waals surface area contributed by atoms with Crippen LogP contribution in [0.5, 0.6) is 11.5 Å². The van der Waals surface area contributed by atoms with Crippen molar-refractivity contribution in [3.8, 4) is 11.5 Å². The maximum atomic E-state index is 8.88. The Bertz CT molecular complexity index is 1100. The molecule has 47 heavy (non-hydrogen) atoms. The fourth-order valence-electron chi connectivity index (χ4n) is 6.64. The van der Waals surface area contributed by atoms with Gasteiger partial charge in [-0.25, -0.2) is 0 Å². The molecule has 2 aromatic carbocycles. The highest BCUT2D eigenvalue weighted by Crippen LogP contribution is 2.36. The zero-order valence-electron chi connectivity index (χ0n) is 31.4. The third kappa shape index (κ3) is 13.1. The minimum Gasteiger partial charge on any atom is -0.497 e. The molecule has 0 radical (unpaired) electrons. The largest absolute Gasteiger partial charge is 0.497 e. The van der Waals surface area contributed by atoms with Gasteiger partial charge in [-0.2, -0.15) is 0 Å². The Kier molecular flexibility index (Phi) is 17.4. The van der Waals surface area contributed by atoms with Gasteiger partial charge in [0.15, 0.2) is 0 Å². The molecule has 2 aliphatic rings. The highest BCUT2D eigenvalue weighted by atomic mass is 16.5. The molecule has 268 valence electrons. The first-order chi connectivity index (χ1) is 22.2. The van der Waals surface area contributed by atoms with Gasteiger partial charge >= 0.3 is 0 Å². The number of hydrogen-bond acceptors (Lipinski definition) is 8. The predicted octanol–water partition coefficient (Wildman–Crippen LogP) is 6.85. The molecule has 0 aliphatic carbocycles. The maximum Gasteiger partial charge on any atom is 0.119 e. The Morgan fingerprint density at radius 1 is 0.787 bits per heavy atom. The molecule has 0 saturated carbocycles. The van der Waals surface area contributed by atoms with Crippen LogP contribution in [0, 0.1) is 11.3 Å². The molecule has 2 saturated heterocycles. The highest BCUT2D eigenvalue weighted by molar-refractivity contribution is 5.59. The van der Waals surface area contributed by atoms with Crippen molar-refractivity contribution in [3.05, 3.63) is 47.5 Å². The summed E-state index contributed by atoms with van der Waals surface area (Å²) in [6.45, 7) is 22.3. The van der Waals surface area contributed by atoms with E-state index in [-0.39, 0.29) is 13.2 Å². The Labute approximate surface area is 287 Å². The van der Waals surface area contributed by atoms with Crippen LogP contribution in [0.2, 0.25) is 0 Å². The number of likely N-dealkylation sites (tertiary alicyclic amines) is 2. The Balaban J connectivity index is 0.000000246. The minimum absolute atomic E-state index is 0.0754. The molecule has 2 aliphatic heterocycles. The van der Waals surface area contributed by atoms with E-state index in [1.165, 1.54) is 63.0 Å². The molecule has 0 unspecified atom stereocenters. The number of piperidine rings is 2. The van der Waals surface area contributed by atoms with Gasteiger partial charge in [-0.15, -0.1) is 0 Å². The molecular weight excluding hydrogens is 588 g/mol. The van der Waals surface area contributed by atoms with Gasteiger partial charge in [-0.3, -0.25) is 0 Å². The van der Waals surface area contributed by atoms with Crippen LogP contribution in [0.3, 0.4) is 0 Å². The molecule has 0 atom stereocenters. The van der Waals surface area contributed by atoms with Gasteiger partial charge in [0.25, 0.3) is 0 Å². The summed E-state index contributed by atoms with van der Waals surface area (Å²) in [4.78, 5) is 7.16. The van der Waals surface area contributed by atoms with Crippen molar-refractivity contribution in [1.82, 2.24) is 9.80 Å². The normalized spacial score (nSPS) is 16.7. The van der Waals surface area contributed by atoms with E-state index in [4.69, 9.17) is 25.4 Å². The smallest absolute Gasteiger partial charge is 0.119 e. The summed E-state index contributed by atoms with van der Waals surface area (Å²) in [6, 6.07) is 12.5. The SMILES string of the molecule is CN1CCC(N2CCC(C(C)(C)C)CC2)CC1.COc1cc(C(C)C)c(N)c(C(C)C)c1.COc1ccc(N(CCO)CCO)cc1. The number of methoxy groups -OCH3 is 2. The standard InChI is InChI=1S/C15H30N2.C13H21NO.C11H17NO3/c1-15(2,3)13-5-11-17(12-6-13)14-7-9-16(4)10-8-14;1-8(2)11-6-10(15-5)7-12(9(3)4)13(11)14;1-15-11-4-2-10(3-5-11)12(6-8-13)7-9-14/h13-14H,5-12H2,1-4H3;6-9H,14H2,1-5H3;2-5,13-14H,6-9H2,1H3. The molecule has 2 fully saturated rings. The van der Waals surface area contributed by atoms with Crippen molar-refractivity contribution in [2.45, 2.75) is 92.0 Å². The molecule has 8 nitrogen and oxygen atoms in total. The molecule has 0 aromatic heterocycles. The van der Waals surface area contributed by atoms with E-state index < -0.39 is 0 Å². The Morgan fingerprint density at radius 2 is 1.26 bits per heavy atom. The van der Waals surface area contributed by atoms with Crippen LogP contribution in [0.1, 0.15) is 97.1 Å². The summed E-state index contributed by atoms with van der Waals surface area (Å²) in [5.74, 6) is 3.49. The number of aliphatic hydroxyl groups excluding tert-OH is 2. The van der Waals surface area contributed by atoms with Gasteiger partial charge in [-0.05, 0) is 130 Å². The van der Waals surface area contributed by atoms with Gasteiger partial charge in [0.2, 0.25) is 0 Å². The third-order valence-corrected chi connectivity index (χ3v) is 9.83. The van der Waals surface area contributed by atoms with Gasteiger partial charge in [0.1, 0.15) is 11.5 Å². The summed E-state index contributed by atoms with van der Waals surface area (Å²) in [7, 11) is 5.57. The first kappa shape index (κ1) is 40.7. The van der Waals surface area contributed by atoms with Crippen LogP contribution < -0.4 is 20.1 Å². The quantitative estimate of drug-likeness (QED) is 0.239. The molecule has 2 heterocycles. The lowest BCUT2D eigenvalue weighted by Crippen LogP contribution is -2.48. The van der Waals surface area contributed by atoms with Crippen molar-refractivity contribution in [3.63, 3.8) is 0 Å². The van der Waals surface area contributed by atoms with Crippen molar-refractivity contribution in [1.29, 1.82) is 0 Å². The molecule has 2 aromatic rings. The second-order valence-corrected chi connectivity index (χ2v) is 14.9. The fourth-order valence-corrected chi connectivity index (χ4v) is 6.64. The summed E-state index contributed by atoms with van der Waals surface area (Å²) < 4.78 is 10.3. The number of nitrogens with zero attached hydrogens (tertiary/aromatic N) is 3. The molecule has 0 amide bonds. The summed E-state index contributed by atoms with van der Waals surface area (Å²) in [5.41, 5.74) is 10.9. The molecular formula is C39H68N4O4. The van der Waals surface area contributed by atoms with E-state index in [1.54, 1.807) is 14.2 Å². The number of benzene rings is 2. The van der Waals surface area contributed by atoms with Gasteiger partial charge in [0, 0.05) is 30.5 Å². The first-order valence-corrected chi connectivity index (χ1v) is 17.8. The van der Waals surface area contributed by atoms with Crippen molar-refractivity contribution >= 4 is 11.4 Å². The lowest BCUT2D eigenvalue weighted by Gasteiger charge is -2.44. The number of nitrogen functional groups attached to an aromatic ring is 1. The minimum atomic E-state index is 0.0754. The van der Waals surface area contributed by atoms with Gasteiger partial charge in [-0.1, -0.05) is 48.5 Å². The van der Waals surface area contributed by atoms with E-state index >= 15 is 0 Å². The summed E-state index contributed by atoms with van der Waals surface area (Å²) in [6.07, 6.45) is 5.60. The number of aliphatic hydroxyl groups is 2. The molecule has 4 N–H and O–H groups in total. The lowest BCUT2D eigenvalue weighted by molar-refractivity contribution is 0.0566. The second kappa shape index (κ2) is 20.1. The van der Waals surface area contributed by atoms with Crippen LogP contribution in [-0.2, 0) is 0 Å². The first-order valence-electron chi connectivity index (χ1n) is 17.8. The summed E-state index contributed by atoms with van der Waals surface area (Å²) >= 11 is 0. The van der Waals surface area contributed by atoms with Crippen LogP contribution >= 0.6 is 0 Å². The average Bonchev–Trinajstić information content (AvgIpc) is 3.05. The van der Waals surface area contributed by atoms with Crippen molar-refractivity contribution < 1.29 is 19.7 Å². The Hall–Kier alpha value is -2.52. The number of hydrogen-bond donors (Lipinski definition) is 3. The van der Waals surface area contributed by atoms with E-state index in [1.807, 2.05) is 41.3 Å². The van der Waals surface area contributed by atoms with Crippen LogP contribution in [0.4, 0.5) is 11.4 Å². The van der Waals surface area contributed by atoms with Crippen molar-refractivity contribution in [2.24, 2.45) is 11.3 Å². The van der Waals surface area contributed by atoms with Crippen molar-refractivity contribution in [2.75, 3.05) is 84.4 Å². The fraction of sp³-hybridized carbons (Fsp3) is 0.692. The van der Waals surface area contributed by atoms with Crippen LogP contribution in [0.25, 0.3) is 0 Å². The maximum absolute atomic E-state index is 8.88. The molecule has 0 spiro atoms.